The number of halogens is 2. The molecule has 7 heteroatoms. The van der Waals surface area contributed by atoms with Gasteiger partial charge in [-0.2, -0.15) is 8.42 Å². The van der Waals surface area contributed by atoms with Crippen LogP contribution in [-0.4, -0.2) is 30.1 Å². The number of rotatable bonds is 6. The van der Waals surface area contributed by atoms with E-state index in [0.717, 1.165) is 0 Å². The third kappa shape index (κ3) is 14.9. The van der Waals surface area contributed by atoms with E-state index >= 15 is 0 Å². The van der Waals surface area contributed by atoms with E-state index in [1.807, 2.05) is 18.2 Å². The molecule has 0 aliphatic heterocycles. The maximum atomic E-state index is 11.5. The summed E-state index contributed by atoms with van der Waals surface area (Å²) in [7, 11) is -3.91. The van der Waals surface area contributed by atoms with Crippen molar-refractivity contribution in [3.05, 3.63) is 30.6 Å². The minimum atomic E-state index is -3.91. The molecule has 0 aromatic carbocycles. The Morgan fingerprint density at radius 2 is 1.67 bits per heavy atom. The lowest BCUT2D eigenvalue weighted by Gasteiger charge is -1.98. The zero-order chi connectivity index (χ0) is 13.9. The average Bonchev–Trinajstić information content (AvgIpc) is 2.30. The Labute approximate surface area is 106 Å². The highest BCUT2D eigenvalue weighted by atomic mass is 32.2. The summed E-state index contributed by atoms with van der Waals surface area (Å²) in [6, 6.07) is 5.72. The molecule has 18 heavy (non-hydrogen) atoms. The molecule has 0 saturated carbocycles. The van der Waals surface area contributed by atoms with Crippen LogP contribution in [0.15, 0.2) is 30.6 Å². The maximum absolute atomic E-state index is 11.5. The second-order valence-electron chi connectivity index (χ2n) is 3.55. The van der Waals surface area contributed by atoms with Crippen molar-refractivity contribution in [2.45, 2.75) is 32.1 Å². The van der Waals surface area contributed by atoms with Gasteiger partial charge >= 0.3 is 0 Å². The molecular weight excluding hydrogens is 264 g/mol. The second kappa shape index (κ2) is 9.90. The predicted molar refractivity (Wildman–Crippen MR) is 65.1 cm³/mol. The fourth-order valence-corrected chi connectivity index (χ4v) is 1.64. The standard InChI is InChI=1S/C6H12F2O3S.C5H5N/c7-6(8)4-2-1-3-5-12(9,10)11;1-2-4-6-5-3-1/h6H,1-5H2,(H,9,10,11);1-5H. The summed E-state index contributed by atoms with van der Waals surface area (Å²) < 4.78 is 51.6. The van der Waals surface area contributed by atoms with E-state index in [1.54, 1.807) is 12.4 Å². The van der Waals surface area contributed by atoms with Crippen molar-refractivity contribution in [2.24, 2.45) is 0 Å². The van der Waals surface area contributed by atoms with Gasteiger partial charge in [0.15, 0.2) is 0 Å². The van der Waals surface area contributed by atoms with E-state index < -0.39 is 16.5 Å². The van der Waals surface area contributed by atoms with Crippen molar-refractivity contribution < 1.29 is 21.8 Å². The molecule has 0 amide bonds. The van der Waals surface area contributed by atoms with Crippen molar-refractivity contribution in [3.63, 3.8) is 0 Å². The summed E-state index contributed by atoms with van der Waals surface area (Å²) in [5.41, 5.74) is 0. The zero-order valence-corrected chi connectivity index (χ0v) is 10.7. The summed E-state index contributed by atoms with van der Waals surface area (Å²) in [6.45, 7) is 0. The van der Waals surface area contributed by atoms with Gasteiger partial charge in [-0.25, -0.2) is 8.78 Å². The Kier molecular flexibility index (Phi) is 9.31. The lowest BCUT2D eigenvalue weighted by Crippen LogP contribution is -2.03. The van der Waals surface area contributed by atoms with Crippen LogP contribution >= 0.6 is 0 Å². The van der Waals surface area contributed by atoms with Crippen LogP contribution < -0.4 is 0 Å². The summed E-state index contributed by atoms with van der Waals surface area (Å²) in [5, 5.41) is 0. The van der Waals surface area contributed by atoms with Crippen LogP contribution in [0.2, 0.25) is 0 Å². The molecule has 1 rings (SSSR count). The molecule has 104 valence electrons. The predicted octanol–water partition coefficient (Wildman–Crippen LogP) is 2.78. The Balaban J connectivity index is 0.000000397. The van der Waals surface area contributed by atoms with Gasteiger partial charge < -0.3 is 0 Å². The topological polar surface area (TPSA) is 67.3 Å². The molecule has 0 bridgehead atoms. The molecular formula is C11H17F2NO3S. The first-order valence-corrected chi connectivity index (χ1v) is 7.11. The maximum Gasteiger partial charge on any atom is 0.264 e. The molecule has 0 aliphatic carbocycles. The zero-order valence-electron chi connectivity index (χ0n) is 9.87. The van der Waals surface area contributed by atoms with Crippen LogP contribution in [0.3, 0.4) is 0 Å². The average molecular weight is 281 g/mol. The molecule has 0 spiro atoms. The molecule has 4 nitrogen and oxygen atoms in total. The molecule has 1 heterocycles. The van der Waals surface area contributed by atoms with E-state index in [-0.39, 0.29) is 18.6 Å². The SMILES string of the molecule is O=S(=O)(O)CCCCCC(F)F.c1ccncc1. The third-order valence-electron chi connectivity index (χ3n) is 1.89. The van der Waals surface area contributed by atoms with Crippen molar-refractivity contribution in [2.75, 3.05) is 5.75 Å². The number of hydrogen-bond acceptors (Lipinski definition) is 3. The summed E-state index contributed by atoms with van der Waals surface area (Å²) in [5.74, 6) is -0.337. The monoisotopic (exact) mass is 281 g/mol. The Morgan fingerprint density at radius 3 is 2.00 bits per heavy atom. The normalized spacial score (nSPS) is 10.9. The van der Waals surface area contributed by atoms with E-state index in [4.69, 9.17) is 4.55 Å². The third-order valence-corrected chi connectivity index (χ3v) is 2.70. The smallest absolute Gasteiger partial charge is 0.264 e. The molecule has 0 radical (unpaired) electrons. The Morgan fingerprint density at radius 1 is 1.06 bits per heavy atom. The highest BCUT2D eigenvalue weighted by Gasteiger charge is 2.05. The van der Waals surface area contributed by atoms with E-state index in [9.17, 15) is 17.2 Å². The van der Waals surface area contributed by atoms with Crippen LogP contribution in [0.1, 0.15) is 25.7 Å². The van der Waals surface area contributed by atoms with Gasteiger partial charge in [-0.1, -0.05) is 12.5 Å². The van der Waals surface area contributed by atoms with Gasteiger partial charge in [0, 0.05) is 18.8 Å². The van der Waals surface area contributed by atoms with Gasteiger partial charge in [-0.15, -0.1) is 0 Å². The second-order valence-corrected chi connectivity index (χ2v) is 5.12. The van der Waals surface area contributed by atoms with Crippen LogP contribution in [0.4, 0.5) is 8.78 Å². The number of aromatic nitrogens is 1. The van der Waals surface area contributed by atoms with Crippen LogP contribution in [0.25, 0.3) is 0 Å². The van der Waals surface area contributed by atoms with E-state index in [2.05, 4.69) is 4.98 Å². The van der Waals surface area contributed by atoms with Gasteiger partial charge in [0.2, 0.25) is 6.43 Å². The van der Waals surface area contributed by atoms with Gasteiger partial charge in [-0.3, -0.25) is 9.54 Å². The van der Waals surface area contributed by atoms with Crippen molar-refractivity contribution >= 4 is 10.1 Å². The lowest BCUT2D eigenvalue weighted by molar-refractivity contribution is 0.134. The van der Waals surface area contributed by atoms with Crippen LogP contribution in [0.5, 0.6) is 0 Å². The number of unbranched alkanes of at least 4 members (excludes halogenated alkanes) is 2. The lowest BCUT2D eigenvalue weighted by atomic mass is 10.2. The van der Waals surface area contributed by atoms with E-state index in [0.29, 0.717) is 12.8 Å². The van der Waals surface area contributed by atoms with E-state index in [1.165, 1.54) is 0 Å². The van der Waals surface area contributed by atoms with Crippen molar-refractivity contribution in [1.82, 2.24) is 4.98 Å². The molecule has 0 fully saturated rings. The quantitative estimate of drug-likeness (QED) is 0.643. The first kappa shape index (κ1) is 16.9. The van der Waals surface area contributed by atoms with Crippen molar-refractivity contribution in [1.29, 1.82) is 0 Å². The van der Waals surface area contributed by atoms with Gasteiger partial charge in [0.1, 0.15) is 0 Å². The summed E-state index contributed by atoms with van der Waals surface area (Å²) in [6.07, 6.45) is 1.92. The first-order chi connectivity index (χ1) is 8.42. The Bertz CT molecular complexity index is 358. The number of nitrogens with zero attached hydrogens (tertiary/aromatic N) is 1. The van der Waals surface area contributed by atoms with Gasteiger partial charge in [0.05, 0.1) is 5.75 Å². The number of hydrogen-bond donors (Lipinski definition) is 1. The minimum Gasteiger partial charge on any atom is -0.286 e. The molecule has 0 aliphatic rings. The fourth-order valence-electron chi connectivity index (χ4n) is 1.07. The van der Waals surface area contributed by atoms with Crippen molar-refractivity contribution in [3.8, 4) is 0 Å². The first-order valence-electron chi connectivity index (χ1n) is 5.50. The Hall–Kier alpha value is -1.08. The largest absolute Gasteiger partial charge is 0.286 e. The number of alkyl halides is 2. The van der Waals surface area contributed by atoms with Crippen LogP contribution in [-0.2, 0) is 10.1 Å². The minimum absolute atomic E-state index is 0.203. The summed E-state index contributed by atoms with van der Waals surface area (Å²) in [4.78, 5) is 3.78. The highest BCUT2D eigenvalue weighted by molar-refractivity contribution is 7.85. The molecule has 0 saturated heterocycles. The molecule has 1 aromatic heterocycles. The number of pyridine rings is 1. The fraction of sp³-hybridized carbons (Fsp3) is 0.545. The van der Waals surface area contributed by atoms with Gasteiger partial charge in [-0.05, 0) is 25.0 Å². The van der Waals surface area contributed by atoms with Crippen LogP contribution in [0, 0.1) is 0 Å². The van der Waals surface area contributed by atoms with Gasteiger partial charge in [0.25, 0.3) is 10.1 Å². The molecule has 1 aromatic rings. The molecule has 1 N–H and O–H groups in total. The summed E-state index contributed by atoms with van der Waals surface area (Å²) >= 11 is 0. The molecule has 0 atom stereocenters. The molecule has 0 unspecified atom stereocenters. The highest BCUT2D eigenvalue weighted by Crippen LogP contribution is 2.07.